The van der Waals surface area contributed by atoms with Crippen LogP contribution in [0.5, 0.6) is 0 Å². The molecule has 1 aromatic rings. The molecule has 0 amide bonds. The number of nitrogens with two attached hydrogens (primary N) is 1. The maximum Gasteiger partial charge on any atom is 0.242 e. The van der Waals surface area contributed by atoms with Gasteiger partial charge in [0.1, 0.15) is 4.90 Å². The van der Waals surface area contributed by atoms with Crippen molar-refractivity contribution in [3.63, 3.8) is 0 Å². The number of nitrogen functional groups attached to an aromatic ring is 1. The number of anilines is 2. The Bertz CT molecular complexity index is 557. The van der Waals surface area contributed by atoms with E-state index < -0.39 is 10.0 Å². The molecule has 1 aliphatic carbocycles. The van der Waals surface area contributed by atoms with Crippen LogP contribution in [0.15, 0.2) is 23.1 Å². The van der Waals surface area contributed by atoms with Crippen molar-refractivity contribution in [2.75, 3.05) is 18.1 Å². The highest BCUT2D eigenvalue weighted by molar-refractivity contribution is 7.89. The number of sulfonamides is 1. The second-order valence-electron chi connectivity index (χ2n) is 5.00. The van der Waals surface area contributed by atoms with Crippen LogP contribution in [0.2, 0.25) is 0 Å². The summed E-state index contributed by atoms with van der Waals surface area (Å²) in [5.74, 6) is 0.743. The topological polar surface area (TPSA) is 84.2 Å². The standard InChI is InChI=1S/C13H21N3O2S/c1-3-4-9-7-12(9)16-10-5-6-13(11(14)8-10)19(17,18)15-2/h5-6,8-9,12,15-16H,3-4,7,14H2,1-2H3. The molecule has 0 saturated heterocycles. The van der Waals surface area contributed by atoms with Gasteiger partial charge in [-0.3, -0.25) is 0 Å². The van der Waals surface area contributed by atoms with Crippen LogP contribution in [0.3, 0.4) is 0 Å². The summed E-state index contributed by atoms with van der Waals surface area (Å²) in [5.41, 5.74) is 6.97. The van der Waals surface area contributed by atoms with Crippen LogP contribution < -0.4 is 15.8 Å². The first-order valence-corrected chi connectivity index (χ1v) is 8.06. The van der Waals surface area contributed by atoms with Gasteiger partial charge >= 0.3 is 0 Å². The van der Waals surface area contributed by atoms with Gasteiger partial charge in [0.2, 0.25) is 10.0 Å². The second-order valence-corrected chi connectivity index (χ2v) is 6.85. The van der Waals surface area contributed by atoms with E-state index in [-0.39, 0.29) is 10.6 Å². The maximum absolute atomic E-state index is 11.7. The lowest BCUT2D eigenvalue weighted by Gasteiger charge is -2.10. The van der Waals surface area contributed by atoms with Gasteiger partial charge in [0.05, 0.1) is 5.69 Å². The summed E-state index contributed by atoms with van der Waals surface area (Å²) in [6.07, 6.45) is 3.62. The Morgan fingerprint density at radius 3 is 2.74 bits per heavy atom. The van der Waals surface area contributed by atoms with E-state index in [1.807, 2.05) is 0 Å². The van der Waals surface area contributed by atoms with E-state index in [0.29, 0.717) is 6.04 Å². The molecule has 0 bridgehead atoms. The molecule has 1 fully saturated rings. The lowest BCUT2D eigenvalue weighted by atomic mass is 10.2. The molecule has 1 saturated carbocycles. The molecule has 0 heterocycles. The van der Waals surface area contributed by atoms with E-state index in [2.05, 4.69) is 17.0 Å². The van der Waals surface area contributed by atoms with Gasteiger partial charge < -0.3 is 11.1 Å². The first-order valence-electron chi connectivity index (χ1n) is 6.57. The van der Waals surface area contributed by atoms with Gasteiger partial charge in [0.25, 0.3) is 0 Å². The fourth-order valence-electron chi connectivity index (χ4n) is 2.32. The van der Waals surface area contributed by atoms with Gasteiger partial charge in [-0.05, 0) is 44.0 Å². The van der Waals surface area contributed by atoms with E-state index >= 15 is 0 Å². The fraction of sp³-hybridized carbons (Fsp3) is 0.538. The minimum absolute atomic E-state index is 0.126. The summed E-state index contributed by atoms with van der Waals surface area (Å²) in [4.78, 5) is 0.126. The molecule has 1 aliphatic rings. The largest absolute Gasteiger partial charge is 0.398 e. The molecule has 4 N–H and O–H groups in total. The van der Waals surface area contributed by atoms with E-state index in [4.69, 9.17) is 5.73 Å². The van der Waals surface area contributed by atoms with Crippen LogP contribution in [0.1, 0.15) is 26.2 Å². The van der Waals surface area contributed by atoms with Crippen LogP contribution >= 0.6 is 0 Å². The Morgan fingerprint density at radius 1 is 1.42 bits per heavy atom. The average molecular weight is 283 g/mol. The van der Waals surface area contributed by atoms with Gasteiger partial charge in [-0.1, -0.05) is 13.3 Å². The molecule has 5 nitrogen and oxygen atoms in total. The summed E-state index contributed by atoms with van der Waals surface area (Å²) >= 11 is 0. The Kier molecular flexibility index (Phi) is 4.01. The van der Waals surface area contributed by atoms with Crippen molar-refractivity contribution in [2.24, 2.45) is 5.92 Å². The molecule has 6 heteroatoms. The van der Waals surface area contributed by atoms with Gasteiger partial charge in [-0.2, -0.15) is 0 Å². The fourth-order valence-corrected chi connectivity index (χ4v) is 3.16. The predicted octanol–water partition coefficient (Wildman–Crippen LogP) is 1.78. The minimum Gasteiger partial charge on any atom is -0.398 e. The Hall–Kier alpha value is -1.27. The summed E-state index contributed by atoms with van der Waals surface area (Å²) in [7, 11) is -2.11. The van der Waals surface area contributed by atoms with Gasteiger partial charge in [-0.15, -0.1) is 0 Å². The molecular weight excluding hydrogens is 262 g/mol. The van der Waals surface area contributed by atoms with E-state index in [0.717, 1.165) is 11.6 Å². The molecule has 19 heavy (non-hydrogen) atoms. The van der Waals surface area contributed by atoms with Crippen molar-refractivity contribution in [1.29, 1.82) is 0 Å². The molecule has 0 aliphatic heterocycles. The number of nitrogens with one attached hydrogen (secondary N) is 2. The molecule has 0 aromatic heterocycles. The van der Waals surface area contributed by atoms with Crippen molar-refractivity contribution < 1.29 is 8.42 Å². The number of hydrogen-bond acceptors (Lipinski definition) is 4. The molecule has 0 spiro atoms. The minimum atomic E-state index is -3.48. The van der Waals surface area contributed by atoms with E-state index in [1.54, 1.807) is 18.2 Å². The van der Waals surface area contributed by atoms with Crippen LogP contribution in [0, 0.1) is 5.92 Å². The third-order valence-corrected chi connectivity index (χ3v) is 4.99. The normalized spacial score (nSPS) is 22.2. The summed E-state index contributed by atoms with van der Waals surface area (Å²) in [5, 5.41) is 3.39. The zero-order valence-corrected chi connectivity index (χ0v) is 12.1. The van der Waals surface area contributed by atoms with Crippen molar-refractivity contribution in [3.05, 3.63) is 18.2 Å². The van der Waals surface area contributed by atoms with E-state index in [1.165, 1.54) is 26.3 Å². The quantitative estimate of drug-likeness (QED) is 0.695. The first-order chi connectivity index (χ1) is 8.97. The van der Waals surface area contributed by atoms with Crippen LogP contribution in [-0.2, 0) is 10.0 Å². The highest BCUT2D eigenvalue weighted by Gasteiger charge is 2.35. The second kappa shape index (κ2) is 5.38. The Labute approximate surface area is 114 Å². The molecule has 0 radical (unpaired) electrons. The molecule has 1 aromatic carbocycles. The summed E-state index contributed by atoms with van der Waals surface area (Å²) in [6.45, 7) is 2.19. The third kappa shape index (κ3) is 3.19. The summed E-state index contributed by atoms with van der Waals surface area (Å²) < 4.78 is 25.7. The molecule has 106 valence electrons. The van der Waals surface area contributed by atoms with Crippen molar-refractivity contribution in [1.82, 2.24) is 4.72 Å². The molecule has 2 unspecified atom stereocenters. The van der Waals surface area contributed by atoms with Gasteiger partial charge in [0, 0.05) is 11.7 Å². The lowest BCUT2D eigenvalue weighted by Crippen LogP contribution is -2.20. The number of rotatable bonds is 6. The highest BCUT2D eigenvalue weighted by atomic mass is 32.2. The Balaban J connectivity index is 2.08. The zero-order valence-electron chi connectivity index (χ0n) is 11.3. The summed E-state index contributed by atoms with van der Waals surface area (Å²) in [6, 6.07) is 5.50. The lowest BCUT2D eigenvalue weighted by molar-refractivity contribution is 0.588. The predicted molar refractivity (Wildman–Crippen MR) is 77.5 cm³/mol. The van der Waals surface area contributed by atoms with Gasteiger partial charge in [-0.25, -0.2) is 13.1 Å². The molecule has 2 rings (SSSR count). The number of benzene rings is 1. The SMILES string of the molecule is CCCC1CC1Nc1ccc(S(=O)(=O)NC)c(N)c1. The maximum atomic E-state index is 11.7. The molecular formula is C13H21N3O2S. The third-order valence-electron chi connectivity index (χ3n) is 3.50. The smallest absolute Gasteiger partial charge is 0.242 e. The zero-order chi connectivity index (χ0) is 14.0. The van der Waals surface area contributed by atoms with Crippen LogP contribution in [0.25, 0.3) is 0 Å². The average Bonchev–Trinajstić information content (AvgIpc) is 3.07. The highest BCUT2D eigenvalue weighted by Crippen LogP contribution is 2.37. The van der Waals surface area contributed by atoms with Crippen molar-refractivity contribution in [2.45, 2.75) is 37.1 Å². The molecule has 2 atom stereocenters. The van der Waals surface area contributed by atoms with Crippen LogP contribution in [0.4, 0.5) is 11.4 Å². The monoisotopic (exact) mass is 283 g/mol. The number of hydrogen-bond donors (Lipinski definition) is 3. The van der Waals surface area contributed by atoms with Crippen molar-refractivity contribution >= 4 is 21.4 Å². The van der Waals surface area contributed by atoms with Crippen LogP contribution in [-0.4, -0.2) is 21.5 Å². The Morgan fingerprint density at radius 2 is 2.16 bits per heavy atom. The first kappa shape index (κ1) is 14.1. The van der Waals surface area contributed by atoms with E-state index in [9.17, 15) is 8.42 Å². The van der Waals surface area contributed by atoms with Crippen molar-refractivity contribution in [3.8, 4) is 0 Å². The van der Waals surface area contributed by atoms with Gasteiger partial charge in [0.15, 0.2) is 0 Å².